The van der Waals surface area contributed by atoms with Crippen molar-refractivity contribution in [1.82, 2.24) is 9.55 Å². The predicted octanol–water partition coefficient (Wildman–Crippen LogP) is 11.6. The Morgan fingerprint density at radius 1 is 0.709 bits per heavy atom. The summed E-state index contributed by atoms with van der Waals surface area (Å²) in [6.45, 7) is 5.88. The van der Waals surface area contributed by atoms with E-state index in [1.54, 1.807) is 6.67 Å². The van der Waals surface area contributed by atoms with Crippen molar-refractivity contribution >= 4 is 38.9 Å². The third-order valence-corrected chi connectivity index (χ3v) is 11.4. The van der Waals surface area contributed by atoms with Gasteiger partial charge in [0, 0.05) is 71.6 Å². The smallest absolute Gasteiger partial charge is 0.135 e. The molecule has 0 atom stereocenters. The monoisotopic (exact) mass is 895 g/mol. The van der Waals surface area contributed by atoms with E-state index in [0.29, 0.717) is 22.9 Å². The van der Waals surface area contributed by atoms with Crippen LogP contribution in [0.1, 0.15) is 75.7 Å². The van der Waals surface area contributed by atoms with Gasteiger partial charge in [0.05, 0.1) is 0 Å². The zero-order chi connectivity index (χ0) is 38.8. The van der Waals surface area contributed by atoms with Crippen LogP contribution in [0, 0.1) is 18.8 Å². The van der Waals surface area contributed by atoms with Gasteiger partial charge in [-0.2, -0.15) is 18.8 Å². The summed E-state index contributed by atoms with van der Waals surface area (Å²) in [5.41, 5.74) is 12.5. The van der Waals surface area contributed by atoms with E-state index in [1.165, 1.54) is 32.7 Å². The largest absolute Gasteiger partial charge is 0.509 e. The summed E-state index contributed by atoms with van der Waals surface area (Å²) in [6, 6.07) is 50.8. The molecule has 5 nitrogen and oxygen atoms in total. The maximum Gasteiger partial charge on any atom is 0.135 e. The van der Waals surface area contributed by atoms with Crippen molar-refractivity contribution in [3.8, 4) is 17.3 Å². The molecule has 12 rings (SSSR count). The first-order valence-corrected chi connectivity index (χ1v) is 18.5. The zero-order valence-electron chi connectivity index (χ0n) is 33.4. The molecule has 0 saturated carbocycles. The Hall–Kier alpha value is -5.64. The number of aromatic nitrogens is 2. The average Bonchev–Trinajstić information content (AvgIpc) is 3.77. The molecule has 0 unspecified atom stereocenters. The summed E-state index contributed by atoms with van der Waals surface area (Å²) in [6.07, 6.45) is 1.87. The number of anilines is 3. The first kappa shape index (κ1) is 30.7. The van der Waals surface area contributed by atoms with Crippen LogP contribution >= 0.6 is 0 Å². The first-order valence-electron chi connectivity index (χ1n) is 20.0. The minimum absolute atomic E-state index is 0. The quantitative estimate of drug-likeness (QED) is 0.165. The number of nitrogens with zero attached hydrogens (tertiary/aromatic N) is 4. The summed E-state index contributed by atoms with van der Waals surface area (Å²) >= 11 is 0. The van der Waals surface area contributed by atoms with Crippen molar-refractivity contribution in [1.29, 1.82) is 0 Å². The van der Waals surface area contributed by atoms with Crippen molar-refractivity contribution in [3.63, 3.8) is 0 Å². The molecular weight excluding hydrogens is 856 g/mol. The van der Waals surface area contributed by atoms with Gasteiger partial charge in [0.25, 0.3) is 0 Å². The Balaban J connectivity index is 0.00000408. The van der Waals surface area contributed by atoms with Gasteiger partial charge in [0.2, 0.25) is 0 Å². The third-order valence-electron chi connectivity index (χ3n) is 11.4. The maximum absolute atomic E-state index is 8.73. The Morgan fingerprint density at radius 3 is 2.16 bits per heavy atom. The minimum Gasteiger partial charge on any atom is -0.509 e. The van der Waals surface area contributed by atoms with Crippen LogP contribution in [0.15, 0.2) is 134 Å². The third kappa shape index (κ3) is 5.06. The fraction of sp³-hybridized carbons (Fsp3) is 0.143. The number of hydrogen-bond donors (Lipinski definition) is 0. The van der Waals surface area contributed by atoms with Crippen LogP contribution in [0.3, 0.4) is 0 Å². The molecule has 2 aromatic heterocycles. The normalized spacial score (nSPS) is 17.5. The Morgan fingerprint density at radius 2 is 1.42 bits per heavy atom. The van der Waals surface area contributed by atoms with E-state index < -0.39 is 6.98 Å². The second-order valence-corrected chi connectivity index (χ2v) is 15.5. The number of fused-ring (bicyclic) bond motifs is 4. The molecule has 3 heterocycles. The Kier molecular flexibility index (Phi) is 6.94. The van der Waals surface area contributed by atoms with Crippen molar-refractivity contribution in [2.45, 2.75) is 38.0 Å². The van der Waals surface area contributed by atoms with Crippen molar-refractivity contribution in [3.05, 3.63) is 191 Å². The Labute approximate surface area is 340 Å². The number of para-hydroxylation sites is 1. The van der Waals surface area contributed by atoms with E-state index in [0.717, 1.165) is 44.4 Å². The molecule has 55 heavy (non-hydrogen) atoms. The summed E-state index contributed by atoms with van der Waals surface area (Å²) in [5.74, 6) is 1.78. The second kappa shape index (κ2) is 12.4. The van der Waals surface area contributed by atoms with Gasteiger partial charge in [-0.15, -0.1) is 41.4 Å². The minimum atomic E-state index is -2.42. The molecule has 0 amide bonds. The molecule has 0 spiro atoms. The standard InChI is InChI=1S/C49H37N4O.Pt/c1-49(2,3)30-24-25-50-44(26-30)53-41-19-10-9-14-34(41)35-21-20-33(28-43(35)53)54-32-13-11-12-31(27-32)52-29-51(4)48-42(52)23-22-40-45-36-15-5-7-17-38(36)46(47(40)48)39-18-8-6-16-37(39)45;/h5-26,29,45-46H,1-4H3;/q-3;/i4D3;. The van der Waals surface area contributed by atoms with Gasteiger partial charge in [-0.3, -0.25) is 0 Å². The molecule has 6 aromatic carbocycles. The number of hydrogen-bond acceptors (Lipinski definition) is 4. The number of rotatable bonds is 4. The van der Waals surface area contributed by atoms with Crippen LogP contribution in [0.2, 0.25) is 0 Å². The molecule has 2 bridgehead atoms. The van der Waals surface area contributed by atoms with Crippen LogP contribution in [0.25, 0.3) is 27.6 Å². The molecule has 4 aliphatic rings. The molecule has 3 aliphatic carbocycles. The van der Waals surface area contributed by atoms with E-state index in [-0.39, 0.29) is 38.3 Å². The summed E-state index contributed by atoms with van der Waals surface area (Å²) in [4.78, 5) is 8.21. The van der Waals surface area contributed by atoms with Crippen LogP contribution in [0.4, 0.5) is 17.1 Å². The first-order chi connectivity index (χ1) is 27.5. The van der Waals surface area contributed by atoms with Crippen LogP contribution in [0.5, 0.6) is 11.5 Å². The molecule has 0 radical (unpaired) electrons. The van der Waals surface area contributed by atoms with Crippen molar-refractivity contribution in [2.24, 2.45) is 0 Å². The van der Waals surface area contributed by atoms with E-state index in [1.807, 2.05) is 41.4 Å². The predicted molar refractivity (Wildman–Crippen MR) is 218 cm³/mol. The molecule has 0 saturated heterocycles. The SMILES string of the molecule is [2H]C([2H])([2H])N1[CH-]N(c2[c-]c(Oc3[c-]c4c(cc3)c3ccccc3n4-c3cc(C(C)(C)C)ccn3)ccc2)c2ccc3c(c21)C1c2ccccc2C3c2ccccc21.[Pt]. The molecule has 272 valence electrons. The maximum atomic E-state index is 8.73. The second-order valence-electron chi connectivity index (χ2n) is 15.5. The zero-order valence-corrected chi connectivity index (χ0v) is 32.7. The van der Waals surface area contributed by atoms with Crippen molar-refractivity contribution < 1.29 is 29.9 Å². The van der Waals surface area contributed by atoms with Gasteiger partial charge >= 0.3 is 0 Å². The number of pyridine rings is 1. The van der Waals surface area contributed by atoms with Gasteiger partial charge in [-0.05, 0) is 81.0 Å². The molecule has 6 heteroatoms. The summed E-state index contributed by atoms with van der Waals surface area (Å²) in [5, 5.41) is 2.16. The fourth-order valence-corrected chi connectivity index (χ4v) is 9.03. The van der Waals surface area contributed by atoms with Gasteiger partial charge in [-0.1, -0.05) is 99.1 Å². The average molecular weight is 896 g/mol. The van der Waals surface area contributed by atoms with Crippen LogP contribution in [-0.2, 0) is 26.5 Å². The van der Waals surface area contributed by atoms with Gasteiger partial charge in [0.15, 0.2) is 0 Å². The van der Waals surface area contributed by atoms with Crippen LogP contribution in [-0.4, -0.2) is 16.5 Å². The van der Waals surface area contributed by atoms with E-state index in [4.69, 9.17) is 13.8 Å². The van der Waals surface area contributed by atoms with E-state index >= 15 is 0 Å². The number of ether oxygens (including phenoxy) is 1. The molecule has 0 fully saturated rings. The summed E-state index contributed by atoms with van der Waals surface area (Å²) < 4.78 is 34.9. The molecular formula is C49H37N4OPt-3. The summed E-state index contributed by atoms with van der Waals surface area (Å²) in [7, 11) is 0. The molecule has 8 aromatic rings. The number of benzene rings is 6. The van der Waals surface area contributed by atoms with Crippen LogP contribution < -0.4 is 14.5 Å². The van der Waals surface area contributed by atoms with E-state index in [2.05, 4.69) is 135 Å². The van der Waals surface area contributed by atoms with Gasteiger partial charge in [-0.25, -0.2) is 4.98 Å². The molecule has 0 N–H and O–H groups in total. The van der Waals surface area contributed by atoms with Gasteiger partial charge < -0.3 is 19.1 Å². The fourth-order valence-electron chi connectivity index (χ4n) is 9.03. The van der Waals surface area contributed by atoms with E-state index in [9.17, 15) is 0 Å². The topological polar surface area (TPSA) is 33.5 Å². The van der Waals surface area contributed by atoms with Gasteiger partial charge in [0.1, 0.15) is 5.82 Å². The Bertz CT molecular complexity index is 2900. The molecule has 1 aliphatic heterocycles. The van der Waals surface area contributed by atoms with Crippen molar-refractivity contribution in [2.75, 3.05) is 16.8 Å².